The number of nitro groups is 1. The fraction of sp³-hybridized carbons (Fsp3) is 0.273. The number of carbonyl (C=O) groups excluding carboxylic acids is 1. The van der Waals surface area contributed by atoms with Crippen LogP contribution in [0.2, 0.25) is 5.02 Å². The molecule has 0 aliphatic rings. The van der Waals surface area contributed by atoms with E-state index in [0.29, 0.717) is 0 Å². The SMILES string of the molecule is COC(=O)c1cc([N+](=O)[O-])c(Cl)c(S(=O)(=O)/N=C/N(C)C)c1. The third-order valence-corrected chi connectivity index (χ3v) is 4.09. The van der Waals surface area contributed by atoms with Gasteiger partial charge in [-0.25, -0.2) is 4.79 Å². The van der Waals surface area contributed by atoms with Crippen LogP contribution < -0.4 is 0 Å². The predicted octanol–water partition coefficient (Wildman–Crippen LogP) is 1.31. The maximum absolute atomic E-state index is 12.1. The number of nitro benzene ring substituents is 1. The van der Waals surface area contributed by atoms with Gasteiger partial charge in [-0.2, -0.15) is 8.42 Å². The second-order valence-corrected chi connectivity index (χ2v) is 6.19. The molecule has 0 bridgehead atoms. The lowest BCUT2D eigenvalue weighted by atomic mass is 10.2. The van der Waals surface area contributed by atoms with E-state index in [1.807, 2.05) is 0 Å². The van der Waals surface area contributed by atoms with Crippen LogP contribution in [0.3, 0.4) is 0 Å². The fourth-order valence-electron chi connectivity index (χ4n) is 1.35. The summed E-state index contributed by atoms with van der Waals surface area (Å²) in [5, 5.41) is 10.3. The molecule has 0 heterocycles. The summed E-state index contributed by atoms with van der Waals surface area (Å²) in [6, 6.07) is 1.71. The molecule has 22 heavy (non-hydrogen) atoms. The Morgan fingerprint density at radius 3 is 2.50 bits per heavy atom. The molecule has 1 rings (SSSR count). The Balaban J connectivity index is 3.62. The smallest absolute Gasteiger partial charge is 0.338 e. The lowest BCUT2D eigenvalue weighted by molar-refractivity contribution is -0.384. The Bertz CT molecular complexity index is 744. The molecule has 0 unspecified atom stereocenters. The molecule has 0 aliphatic carbocycles. The van der Waals surface area contributed by atoms with Crippen molar-refractivity contribution in [3.05, 3.63) is 32.8 Å². The van der Waals surface area contributed by atoms with Crippen LogP contribution in [0, 0.1) is 10.1 Å². The van der Waals surface area contributed by atoms with Gasteiger partial charge in [-0.15, -0.1) is 4.40 Å². The van der Waals surface area contributed by atoms with Gasteiger partial charge < -0.3 is 9.64 Å². The fourth-order valence-corrected chi connectivity index (χ4v) is 2.86. The first kappa shape index (κ1) is 17.9. The van der Waals surface area contributed by atoms with Gasteiger partial charge in [-0.3, -0.25) is 10.1 Å². The molecule has 0 aromatic heterocycles. The van der Waals surface area contributed by atoms with Crippen molar-refractivity contribution in [1.82, 2.24) is 4.90 Å². The molecule has 120 valence electrons. The summed E-state index contributed by atoms with van der Waals surface area (Å²) in [4.78, 5) is 22.3. The van der Waals surface area contributed by atoms with Crippen LogP contribution in [0.25, 0.3) is 0 Å². The highest BCUT2D eigenvalue weighted by atomic mass is 35.5. The van der Waals surface area contributed by atoms with Gasteiger partial charge in [-0.05, 0) is 6.07 Å². The van der Waals surface area contributed by atoms with E-state index < -0.39 is 36.5 Å². The average Bonchev–Trinajstić information content (AvgIpc) is 2.44. The van der Waals surface area contributed by atoms with Crippen LogP contribution in [0.15, 0.2) is 21.4 Å². The van der Waals surface area contributed by atoms with Gasteiger partial charge in [0, 0.05) is 20.2 Å². The summed E-state index contributed by atoms with van der Waals surface area (Å²) < 4.78 is 32.0. The zero-order valence-electron chi connectivity index (χ0n) is 11.8. The molecule has 0 amide bonds. The topological polar surface area (TPSA) is 119 Å². The molecule has 11 heteroatoms. The van der Waals surface area contributed by atoms with Crippen molar-refractivity contribution in [3.8, 4) is 0 Å². The van der Waals surface area contributed by atoms with E-state index in [0.717, 1.165) is 25.6 Å². The van der Waals surface area contributed by atoms with Crippen LogP contribution in [0.4, 0.5) is 5.69 Å². The number of methoxy groups -OCH3 is 1. The predicted molar refractivity (Wildman–Crippen MR) is 78.8 cm³/mol. The molecule has 1 aromatic carbocycles. The highest BCUT2D eigenvalue weighted by molar-refractivity contribution is 7.90. The number of carbonyl (C=O) groups is 1. The monoisotopic (exact) mass is 349 g/mol. The van der Waals surface area contributed by atoms with Gasteiger partial charge in [0.15, 0.2) is 0 Å². The van der Waals surface area contributed by atoms with Gasteiger partial charge in [0.1, 0.15) is 16.3 Å². The zero-order chi connectivity index (χ0) is 17.1. The lowest BCUT2D eigenvalue weighted by Gasteiger charge is -2.07. The highest BCUT2D eigenvalue weighted by Gasteiger charge is 2.27. The minimum Gasteiger partial charge on any atom is -0.465 e. The summed E-state index contributed by atoms with van der Waals surface area (Å²) in [5.74, 6) is -0.937. The second-order valence-electron chi connectivity index (χ2n) is 4.22. The number of rotatable bonds is 5. The molecule has 0 radical (unpaired) electrons. The van der Waals surface area contributed by atoms with Crippen molar-refractivity contribution in [2.75, 3.05) is 21.2 Å². The highest BCUT2D eigenvalue weighted by Crippen LogP contribution is 2.33. The Labute approximate surface area is 131 Å². The maximum Gasteiger partial charge on any atom is 0.338 e. The normalized spacial score (nSPS) is 11.5. The van der Waals surface area contributed by atoms with Crippen molar-refractivity contribution in [2.24, 2.45) is 4.40 Å². The van der Waals surface area contributed by atoms with E-state index in [9.17, 15) is 23.3 Å². The van der Waals surface area contributed by atoms with Crippen molar-refractivity contribution in [1.29, 1.82) is 0 Å². The van der Waals surface area contributed by atoms with Crippen molar-refractivity contribution in [3.63, 3.8) is 0 Å². The van der Waals surface area contributed by atoms with E-state index in [1.165, 1.54) is 19.0 Å². The largest absolute Gasteiger partial charge is 0.465 e. The lowest BCUT2D eigenvalue weighted by Crippen LogP contribution is -2.11. The first-order valence-corrected chi connectivity index (χ1v) is 7.45. The van der Waals surface area contributed by atoms with E-state index in [2.05, 4.69) is 9.13 Å². The molecule has 0 atom stereocenters. The molecular weight excluding hydrogens is 338 g/mol. The summed E-state index contributed by atoms with van der Waals surface area (Å²) >= 11 is 5.76. The molecule has 9 nitrogen and oxygen atoms in total. The summed E-state index contributed by atoms with van der Waals surface area (Å²) in [6.45, 7) is 0. The molecule has 0 aliphatic heterocycles. The Morgan fingerprint density at radius 1 is 1.45 bits per heavy atom. The standard InChI is InChI=1S/C11H12ClN3O6S/c1-14(2)6-13-22(19,20)9-5-7(11(16)21-3)4-8(10(9)12)15(17)18/h4-6H,1-3H3/b13-6+. The first-order valence-electron chi connectivity index (χ1n) is 5.63. The summed E-state index contributed by atoms with van der Waals surface area (Å²) in [7, 11) is -0.195. The van der Waals surface area contributed by atoms with E-state index in [1.54, 1.807) is 0 Å². The van der Waals surface area contributed by atoms with Gasteiger partial charge in [0.25, 0.3) is 15.7 Å². The van der Waals surface area contributed by atoms with Gasteiger partial charge >= 0.3 is 5.97 Å². The Morgan fingerprint density at radius 2 is 2.05 bits per heavy atom. The van der Waals surface area contributed by atoms with E-state index >= 15 is 0 Å². The minimum atomic E-state index is -4.32. The molecular formula is C11H12ClN3O6S. The van der Waals surface area contributed by atoms with Crippen molar-refractivity contribution < 1.29 is 22.9 Å². The number of halogens is 1. The minimum absolute atomic E-state index is 0.322. The summed E-state index contributed by atoms with van der Waals surface area (Å²) in [5.41, 5.74) is -1.06. The second kappa shape index (κ2) is 6.71. The van der Waals surface area contributed by atoms with E-state index in [-0.39, 0.29) is 5.56 Å². The van der Waals surface area contributed by atoms with Crippen LogP contribution in [0.5, 0.6) is 0 Å². The zero-order valence-corrected chi connectivity index (χ0v) is 13.4. The first-order chi connectivity index (χ1) is 10.1. The third kappa shape index (κ3) is 3.92. The molecule has 1 aromatic rings. The Kier molecular flexibility index (Phi) is 5.44. The van der Waals surface area contributed by atoms with Crippen LogP contribution >= 0.6 is 11.6 Å². The number of benzene rings is 1. The van der Waals surface area contributed by atoms with Gasteiger partial charge in [-0.1, -0.05) is 11.6 Å². The van der Waals surface area contributed by atoms with Gasteiger partial charge in [0.05, 0.1) is 17.6 Å². The quantitative estimate of drug-likeness (QED) is 0.258. The molecule has 0 saturated carbocycles. The number of sulfonamides is 1. The van der Waals surface area contributed by atoms with Crippen molar-refractivity contribution >= 4 is 39.6 Å². The van der Waals surface area contributed by atoms with Crippen LogP contribution in [-0.4, -0.2) is 51.8 Å². The molecule has 0 N–H and O–H groups in total. The summed E-state index contributed by atoms with van der Waals surface area (Å²) in [6.07, 6.45) is 0.988. The number of hydrogen-bond donors (Lipinski definition) is 0. The Hall–Kier alpha value is -2.20. The number of esters is 1. The van der Waals surface area contributed by atoms with Crippen molar-refractivity contribution in [2.45, 2.75) is 4.90 Å². The van der Waals surface area contributed by atoms with Crippen LogP contribution in [-0.2, 0) is 14.8 Å². The number of nitrogens with zero attached hydrogens (tertiary/aromatic N) is 3. The molecule has 0 fully saturated rings. The van der Waals surface area contributed by atoms with E-state index in [4.69, 9.17) is 11.6 Å². The van der Waals surface area contributed by atoms with Crippen LogP contribution in [0.1, 0.15) is 10.4 Å². The average molecular weight is 350 g/mol. The maximum atomic E-state index is 12.1. The van der Waals surface area contributed by atoms with Gasteiger partial charge in [0.2, 0.25) is 0 Å². The number of hydrogen-bond acceptors (Lipinski definition) is 6. The molecule has 0 saturated heterocycles. The third-order valence-electron chi connectivity index (χ3n) is 2.33. The molecule has 0 spiro atoms. The number of ether oxygens (including phenoxy) is 1.